The lowest BCUT2D eigenvalue weighted by molar-refractivity contribution is -0.100. The lowest BCUT2D eigenvalue weighted by atomic mass is 9.85. The summed E-state index contributed by atoms with van der Waals surface area (Å²) in [5.41, 5.74) is 10.8. The van der Waals surface area contributed by atoms with Crippen LogP contribution < -0.4 is 11.5 Å². The topological polar surface area (TPSA) is 113 Å². The van der Waals surface area contributed by atoms with Gasteiger partial charge in [-0.25, -0.2) is 0 Å². The van der Waals surface area contributed by atoms with Crippen LogP contribution in [0.15, 0.2) is 0 Å². The van der Waals surface area contributed by atoms with Gasteiger partial charge in [-0.05, 0) is 6.42 Å². The molecule has 0 spiro atoms. The van der Waals surface area contributed by atoms with Gasteiger partial charge >= 0.3 is 0 Å². The Morgan fingerprint density at radius 1 is 0.769 bits per heavy atom. The standard InChI is InChI=1S/C6H14N2O3.2BrH/c7-2-1-3(8)5(10)6(11)4(2)9;;/h2-6,9-11H,1,7-8H2;2*1H/t2-,3+,4+,5-,6?;;. The first-order chi connectivity index (χ1) is 5.04. The average molecular weight is 324 g/mol. The van der Waals surface area contributed by atoms with Gasteiger partial charge in [0, 0.05) is 12.1 Å². The predicted molar refractivity (Wildman–Crippen MR) is 59.2 cm³/mol. The zero-order chi connectivity index (χ0) is 8.59. The first-order valence-electron chi connectivity index (χ1n) is 3.59. The molecule has 0 aromatic heterocycles. The molecule has 1 unspecified atom stereocenters. The van der Waals surface area contributed by atoms with Crippen molar-refractivity contribution in [1.82, 2.24) is 0 Å². The molecule has 82 valence electrons. The minimum atomic E-state index is -1.21. The highest BCUT2D eigenvalue weighted by Gasteiger charge is 2.39. The summed E-state index contributed by atoms with van der Waals surface area (Å²) in [5, 5.41) is 27.4. The van der Waals surface area contributed by atoms with Crippen molar-refractivity contribution < 1.29 is 15.3 Å². The molecular formula is C6H16Br2N2O3. The molecule has 5 nitrogen and oxygen atoms in total. The second-order valence-corrected chi connectivity index (χ2v) is 3.04. The highest BCUT2D eigenvalue weighted by Crippen LogP contribution is 2.17. The molecule has 0 saturated heterocycles. The van der Waals surface area contributed by atoms with Crippen molar-refractivity contribution in [3.05, 3.63) is 0 Å². The first kappa shape index (κ1) is 16.2. The highest BCUT2D eigenvalue weighted by atomic mass is 79.9. The Morgan fingerprint density at radius 3 is 1.38 bits per heavy atom. The maximum Gasteiger partial charge on any atom is 0.109 e. The van der Waals surface area contributed by atoms with Crippen molar-refractivity contribution in [2.75, 3.05) is 0 Å². The van der Waals surface area contributed by atoms with Crippen LogP contribution in [0.3, 0.4) is 0 Å². The van der Waals surface area contributed by atoms with Gasteiger partial charge in [-0.1, -0.05) is 0 Å². The normalized spacial score (nSPS) is 44.5. The third kappa shape index (κ3) is 3.43. The van der Waals surface area contributed by atoms with Crippen molar-refractivity contribution in [3.63, 3.8) is 0 Å². The molecule has 7 N–H and O–H groups in total. The fourth-order valence-electron chi connectivity index (χ4n) is 1.30. The van der Waals surface area contributed by atoms with Gasteiger partial charge in [0.15, 0.2) is 0 Å². The number of rotatable bonds is 0. The van der Waals surface area contributed by atoms with E-state index < -0.39 is 30.4 Å². The van der Waals surface area contributed by atoms with Gasteiger partial charge in [0.25, 0.3) is 0 Å². The van der Waals surface area contributed by atoms with Gasteiger partial charge < -0.3 is 26.8 Å². The van der Waals surface area contributed by atoms with E-state index in [0.717, 1.165) is 0 Å². The summed E-state index contributed by atoms with van der Waals surface area (Å²) in [6, 6.07) is -1.08. The van der Waals surface area contributed by atoms with Gasteiger partial charge in [0.2, 0.25) is 0 Å². The van der Waals surface area contributed by atoms with E-state index in [4.69, 9.17) is 26.8 Å². The van der Waals surface area contributed by atoms with E-state index in [2.05, 4.69) is 0 Å². The molecule has 1 aliphatic rings. The lowest BCUT2D eigenvalue weighted by Gasteiger charge is -2.37. The molecule has 5 atom stereocenters. The molecule has 0 aromatic carbocycles. The van der Waals surface area contributed by atoms with E-state index in [-0.39, 0.29) is 34.0 Å². The van der Waals surface area contributed by atoms with Crippen LogP contribution >= 0.6 is 34.0 Å². The Morgan fingerprint density at radius 2 is 1.08 bits per heavy atom. The smallest absolute Gasteiger partial charge is 0.109 e. The van der Waals surface area contributed by atoms with Crippen molar-refractivity contribution in [3.8, 4) is 0 Å². The van der Waals surface area contributed by atoms with E-state index in [0.29, 0.717) is 6.42 Å². The Kier molecular flexibility index (Phi) is 7.83. The van der Waals surface area contributed by atoms with Crippen LogP contribution in [0.5, 0.6) is 0 Å². The summed E-state index contributed by atoms with van der Waals surface area (Å²) in [4.78, 5) is 0. The van der Waals surface area contributed by atoms with Crippen LogP contribution in [0.25, 0.3) is 0 Å². The van der Waals surface area contributed by atoms with Crippen LogP contribution in [0, 0.1) is 0 Å². The third-order valence-corrected chi connectivity index (χ3v) is 2.12. The first-order valence-corrected chi connectivity index (χ1v) is 3.59. The van der Waals surface area contributed by atoms with Crippen molar-refractivity contribution in [1.29, 1.82) is 0 Å². The van der Waals surface area contributed by atoms with Gasteiger partial charge in [0.1, 0.15) is 6.10 Å². The van der Waals surface area contributed by atoms with Crippen molar-refractivity contribution in [2.24, 2.45) is 11.5 Å². The second-order valence-electron chi connectivity index (χ2n) is 3.04. The highest BCUT2D eigenvalue weighted by molar-refractivity contribution is 8.93. The molecule has 1 rings (SSSR count). The molecule has 1 fully saturated rings. The lowest BCUT2D eigenvalue weighted by Crippen LogP contribution is -2.61. The molecule has 1 saturated carbocycles. The number of halogens is 2. The van der Waals surface area contributed by atoms with E-state index in [1.54, 1.807) is 0 Å². The van der Waals surface area contributed by atoms with Gasteiger partial charge in [-0.15, -0.1) is 34.0 Å². The molecule has 0 aliphatic heterocycles. The largest absolute Gasteiger partial charge is 0.389 e. The van der Waals surface area contributed by atoms with Gasteiger partial charge in [-0.2, -0.15) is 0 Å². The van der Waals surface area contributed by atoms with Gasteiger partial charge in [0.05, 0.1) is 12.2 Å². The van der Waals surface area contributed by atoms with Crippen LogP contribution in [0.2, 0.25) is 0 Å². The number of nitrogens with two attached hydrogens (primary N) is 2. The number of aliphatic hydroxyl groups excluding tert-OH is 3. The molecular weight excluding hydrogens is 308 g/mol. The second kappa shape index (κ2) is 6.28. The summed E-state index contributed by atoms with van der Waals surface area (Å²) < 4.78 is 0. The summed E-state index contributed by atoms with van der Waals surface area (Å²) in [7, 11) is 0. The number of hydrogen-bond donors (Lipinski definition) is 5. The van der Waals surface area contributed by atoms with E-state index in [9.17, 15) is 0 Å². The fraction of sp³-hybridized carbons (Fsp3) is 1.00. The molecule has 0 bridgehead atoms. The Hall–Kier alpha value is 0.760. The Bertz CT molecular complexity index is 138. The SMILES string of the molecule is Br.Br.N[C@@H]1C[C@H](N)[C@@H](O)C(O)[C@H]1O. The third-order valence-electron chi connectivity index (χ3n) is 2.12. The van der Waals surface area contributed by atoms with Crippen LogP contribution in [-0.2, 0) is 0 Å². The predicted octanol–water partition coefficient (Wildman–Crippen LogP) is -1.72. The Balaban J connectivity index is 0. The molecule has 7 heteroatoms. The monoisotopic (exact) mass is 322 g/mol. The minimum Gasteiger partial charge on any atom is -0.389 e. The zero-order valence-electron chi connectivity index (χ0n) is 6.91. The molecule has 13 heavy (non-hydrogen) atoms. The average Bonchev–Trinajstić information content (AvgIpc) is 1.97. The fourth-order valence-corrected chi connectivity index (χ4v) is 1.30. The summed E-state index contributed by atoms with van der Waals surface area (Å²) in [6.45, 7) is 0. The van der Waals surface area contributed by atoms with E-state index in [1.807, 2.05) is 0 Å². The maximum atomic E-state index is 9.14. The van der Waals surface area contributed by atoms with Crippen molar-refractivity contribution >= 4 is 34.0 Å². The zero-order valence-corrected chi connectivity index (χ0v) is 10.3. The van der Waals surface area contributed by atoms with Gasteiger partial charge in [-0.3, -0.25) is 0 Å². The summed E-state index contributed by atoms with van der Waals surface area (Å²) in [5.74, 6) is 0. The maximum absolute atomic E-state index is 9.14. The van der Waals surface area contributed by atoms with E-state index in [1.165, 1.54) is 0 Å². The van der Waals surface area contributed by atoms with Crippen LogP contribution in [-0.4, -0.2) is 45.7 Å². The summed E-state index contributed by atoms with van der Waals surface area (Å²) in [6.07, 6.45) is -3.01. The molecule has 0 heterocycles. The van der Waals surface area contributed by atoms with Crippen LogP contribution in [0.4, 0.5) is 0 Å². The number of aliphatic hydroxyl groups is 3. The minimum absolute atomic E-state index is 0. The molecule has 1 aliphatic carbocycles. The molecule has 0 radical (unpaired) electrons. The summed E-state index contributed by atoms with van der Waals surface area (Å²) >= 11 is 0. The quantitative estimate of drug-likeness (QED) is 0.364. The van der Waals surface area contributed by atoms with Crippen molar-refractivity contribution in [2.45, 2.75) is 36.8 Å². The molecule has 0 amide bonds. The Labute approximate surface area is 97.6 Å². The van der Waals surface area contributed by atoms with Crippen LogP contribution in [0.1, 0.15) is 6.42 Å². The molecule has 0 aromatic rings. The number of hydrogen-bond acceptors (Lipinski definition) is 5. The van der Waals surface area contributed by atoms with E-state index >= 15 is 0 Å².